The lowest BCUT2D eigenvalue weighted by molar-refractivity contribution is -0.157. The molecule has 0 saturated heterocycles. The molecule has 0 heterocycles. The van der Waals surface area contributed by atoms with Crippen LogP contribution in [-0.2, 0) is 29.8 Å². The Hall–Kier alpha value is -2.74. The maximum atomic E-state index is 11.3. The number of phenolic OH excluding ortho intramolecular Hbond substituents is 1. The SMILES string of the molecule is O=C(O)C(=O)Oc1cc(S(=O)(=O)O)cc2cc(S(=O)(=O)O)cc(O)c12. The molecule has 0 amide bonds. The number of aliphatic carboxylic acids is 1. The second-order valence-corrected chi connectivity index (χ2v) is 7.45. The number of ether oxygens (including phenoxy) is 1. The fourth-order valence-corrected chi connectivity index (χ4v) is 2.99. The lowest BCUT2D eigenvalue weighted by atomic mass is 10.1. The Kier molecular flexibility index (Phi) is 4.43. The average Bonchev–Trinajstić information content (AvgIpc) is 2.44. The van der Waals surface area contributed by atoms with Crippen molar-refractivity contribution in [2.45, 2.75) is 9.79 Å². The number of phenols is 1. The number of hydrogen-bond acceptors (Lipinski definition) is 8. The van der Waals surface area contributed by atoms with E-state index in [0.29, 0.717) is 12.1 Å². The van der Waals surface area contributed by atoms with E-state index in [-0.39, 0.29) is 5.39 Å². The molecule has 0 aliphatic carbocycles. The Labute approximate surface area is 139 Å². The Morgan fingerprint density at radius 1 is 0.880 bits per heavy atom. The first-order chi connectivity index (χ1) is 11.3. The average molecular weight is 392 g/mol. The van der Waals surface area contributed by atoms with E-state index < -0.39 is 58.9 Å². The molecule has 0 spiro atoms. The van der Waals surface area contributed by atoms with E-state index in [9.17, 15) is 31.5 Å². The van der Waals surface area contributed by atoms with E-state index in [1.165, 1.54) is 0 Å². The van der Waals surface area contributed by atoms with Gasteiger partial charge in [0, 0.05) is 12.1 Å². The van der Waals surface area contributed by atoms with Crippen molar-refractivity contribution in [3.8, 4) is 11.5 Å². The molecule has 0 aliphatic heterocycles. The largest absolute Gasteiger partial charge is 0.507 e. The summed E-state index contributed by atoms with van der Waals surface area (Å²) in [4.78, 5) is 20.1. The van der Waals surface area contributed by atoms with Crippen LogP contribution in [0, 0.1) is 0 Å². The molecule has 2 aromatic carbocycles. The van der Waals surface area contributed by atoms with Gasteiger partial charge in [-0.2, -0.15) is 16.8 Å². The minimum atomic E-state index is -4.87. The summed E-state index contributed by atoms with van der Waals surface area (Å²) >= 11 is 0. The maximum absolute atomic E-state index is 11.3. The van der Waals surface area contributed by atoms with Crippen LogP contribution in [0.5, 0.6) is 11.5 Å². The van der Waals surface area contributed by atoms with Crippen LogP contribution < -0.4 is 4.74 Å². The molecule has 0 fully saturated rings. The molecule has 0 unspecified atom stereocenters. The molecule has 0 saturated carbocycles. The van der Waals surface area contributed by atoms with Crippen molar-refractivity contribution in [2.75, 3.05) is 0 Å². The summed E-state index contributed by atoms with van der Waals surface area (Å²) in [6, 6.07) is 2.57. The minimum absolute atomic E-state index is 0.379. The Bertz CT molecular complexity index is 1110. The predicted molar refractivity (Wildman–Crippen MR) is 78.5 cm³/mol. The van der Waals surface area contributed by atoms with E-state index in [2.05, 4.69) is 4.74 Å². The molecule has 2 rings (SSSR count). The Morgan fingerprint density at radius 3 is 1.80 bits per heavy atom. The number of rotatable bonds is 3. The Balaban J connectivity index is 2.90. The Morgan fingerprint density at radius 2 is 1.36 bits per heavy atom. The predicted octanol–water partition coefficient (Wildman–Crippen LogP) is 0.0288. The van der Waals surface area contributed by atoms with Gasteiger partial charge in [0.2, 0.25) is 0 Å². The van der Waals surface area contributed by atoms with Crippen molar-refractivity contribution < 1.29 is 50.5 Å². The molecular formula is C12H8O11S2. The van der Waals surface area contributed by atoms with Gasteiger partial charge in [0.15, 0.2) is 0 Å². The first kappa shape index (κ1) is 18.6. The zero-order chi connectivity index (χ0) is 19.2. The number of benzene rings is 2. The number of aromatic hydroxyl groups is 1. The molecule has 0 bridgehead atoms. The van der Waals surface area contributed by atoms with Gasteiger partial charge in [-0.05, 0) is 17.5 Å². The highest BCUT2D eigenvalue weighted by atomic mass is 32.2. The number of carboxylic acids is 1. The maximum Gasteiger partial charge on any atom is 0.422 e. The van der Waals surface area contributed by atoms with Crippen LogP contribution in [0.2, 0.25) is 0 Å². The first-order valence-corrected chi connectivity index (χ1v) is 8.89. The summed E-state index contributed by atoms with van der Waals surface area (Å²) in [7, 11) is -9.65. The summed E-state index contributed by atoms with van der Waals surface area (Å²) in [6.07, 6.45) is 0. The molecule has 25 heavy (non-hydrogen) atoms. The van der Waals surface area contributed by atoms with Gasteiger partial charge in [0.25, 0.3) is 20.2 Å². The zero-order valence-corrected chi connectivity index (χ0v) is 13.4. The lowest BCUT2D eigenvalue weighted by Gasteiger charge is -2.11. The third kappa shape index (κ3) is 3.85. The van der Waals surface area contributed by atoms with Crippen molar-refractivity contribution >= 4 is 42.9 Å². The number of carbonyl (C=O) groups is 2. The molecular weight excluding hydrogens is 384 g/mol. The molecule has 2 aromatic rings. The summed E-state index contributed by atoms with van der Waals surface area (Å²) in [5.41, 5.74) is 0. The molecule has 4 N–H and O–H groups in total. The molecule has 11 nitrogen and oxygen atoms in total. The monoisotopic (exact) mass is 392 g/mol. The highest BCUT2D eigenvalue weighted by molar-refractivity contribution is 7.86. The first-order valence-electron chi connectivity index (χ1n) is 6.01. The zero-order valence-electron chi connectivity index (χ0n) is 11.8. The molecule has 0 atom stereocenters. The molecule has 0 radical (unpaired) electrons. The number of esters is 1. The minimum Gasteiger partial charge on any atom is -0.507 e. The van der Waals surface area contributed by atoms with Crippen LogP contribution in [0.25, 0.3) is 10.8 Å². The van der Waals surface area contributed by atoms with Crippen LogP contribution in [0.1, 0.15) is 0 Å². The quantitative estimate of drug-likeness (QED) is 0.238. The van der Waals surface area contributed by atoms with E-state index in [0.717, 1.165) is 12.1 Å². The van der Waals surface area contributed by atoms with Crippen LogP contribution in [0.15, 0.2) is 34.1 Å². The fourth-order valence-electron chi connectivity index (χ4n) is 1.92. The van der Waals surface area contributed by atoms with Crippen molar-refractivity contribution in [3.05, 3.63) is 24.3 Å². The van der Waals surface area contributed by atoms with E-state index in [4.69, 9.17) is 14.2 Å². The van der Waals surface area contributed by atoms with Gasteiger partial charge in [-0.1, -0.05) is 0 Å². The van der Waals surface area contributed by atoms with Gasteiger partial charge in [-0.3, -0.25) is 9.11 Å². The third-order valence-electron chi connectivity index (χ3n) is 2.91. The van der Waals surface area contributed by atoms with Crippen molar-refractivity contribution in [1.29, 1.82) is 0 Å². The highest BCUT2D eigenvalue weighted by Crippen LogP contribution is 2.38. The lowest BCUT2D eigenvalue weighted by Crippen LogP contribution is -2.19. The summed E-state index contributed by atoms with van der Waals surface area (Å²) in [6.45, 7) is 0. The van der Waals surface area contributed by atoms with Crippen molar-refractivity contribution in [1.82, 2.24) is 0 Å². The van der Waals surface area contributed by atoms with Gasteiger partial charge in [0.05, 0.1) is 15.2 Å². The molecule has 134 valence electrons. The topological polar surface area (TPSA) is 193 Å². The second-order valence-electron chi connectivity index (χ2n) is 4.61. The highest BCUT2D eigenvalue weighted by Gasteiger charge is 2.23. The molecule has 0 aromatic heterocycles. The van der Waals surface area contributed by atoms with Crippen molar-refractivity contribution in [3.63, 3.8) is 0 Å². The third-order valence-corrected chi connectivity index (χ3v) is 4.57. The van der Waals surface area contributed by atoms with Crippen LogP contribution in [-0.4, -0.2) is 48.1 Å². The van der Waals surface area contributed by atoms with Gasteiger partial charge in [-0.15, -0.1) is 0 Å². The summed E-state index contributed by atoms with van der Waals surface area (Å²) in [5.74, 6) is -5.48. The molecule has 13 heteroatoms. The van der Waals surface area contributed by atoms with Gasteiger partial charge >= 0.3 is 11.9 Å². The molecule has 0 aliphatic rings. The van der Waals surface area contributed by atoms with E-state index in [1.54, 1.807) is 0 Å². The standard InChI is InChI=1S/C12H8O11S2/c13-8-3-6(24(17,18)19)1-5-2-7(25(20,21)22)4-9(10(5)8)23-12(16)11(14)15/h1-4,13H,(H,14,15)(H,17,18,19)(H,20,21,22). The van der Waals surface area contributed by atoms with Crippen LogP contribution in [0.3, 0.4) is 0 Å². The van der Waals surface area contributed by atoms with Gasteiger partial charge in [-0.25, -0.2) is 9.59 Å². The van der Waals surface area contributed by atoms with Crippen LogP contribution in [0.4, 0.5) is 0 Å². The number of hydrogen-bond donors (Lipinski definition) is 4. The second kappa shape index (κ2) is 5.96. The van der Waals surface area contributed by atoms with E-state index in [1.807, 2.05) is 0 Å². The fraction of sp³-hybridized carbons (Fsp3) is 0. The number of carbonyl (C=O) groups excluding carboxylic acids is 1. The van der Waals surface area contributed by atoms with Crippen LogP contribution >= 0.6 is 0 Å². The number of carboxylic acid groups (broad SMARTS) is 1. The smallest absolute Gasteiger partial charge is 0.422 e. The van der Waals surface area contributed by atoms with Crippen molar-refractivity contribution in [2.24, 2.45) is 0 Å². The normalized spacial score (nSPS) is 12.1. The number of fused-ring (bicyclic) bond motifs is 1. The summed E-state index contributed by atoms with van der Waals surface area (Å²) < 4.78 is 67.5. The van der Waals surface area contributed by atoms with Gasteiger partial charge < -0.3 is 14.9 Å². The van der Waals surface area contributed by atoms with E-state index >= 15 is 0 Å². The summed E-state index contributed by atoms with van der Waals surface area (Å²) in [5, 5.41) is 17.7. The van der Waals surface area contributed by atoms with Gasteiger partial charge in [0.1, 0.15) is 11.5 Å².